The van der Waals surface area contributed by atoms with Gasteiger partial charge in [0.05, 0.1) is 13.6 Å². The largest absolute Gasteiger partial charge is 1.00 e. The van der Waals surface area contributed by atoms with Gasteiger partial charge in [0.25, 0.3) is 0 Å². The molecule has 0 spiro atoms. The topological polar surface area (TPSA) is 8.81 Å². The Morgan fingerprint density at radius 2 is 2.00 bits per heavy atom. The van der Waals surface area contributed by atoms with E-state index in [0.29, 0.717) is 0 Å². The Morgan fingerprint density at radius 3 is 2.33 bits per heavy atom. The van der Waals surface area contributed by atoms with Gasteiger partial charge in [-0.2, -0.15) is 0 Å². The third-order valence-corrected chi connectivity index (χ3v) is 1.40. The summed E-state index contributed by atoms with van der Waals surface area (Å²) in [6.45, 7) is 5.56. The summed E-state index contributed by atoms with van der Waals surface area (Å²) in [5.74, 6) is 0.729. The fraction of sp³-hybridized carbons (Fsp3) is 0.667. The first-order valence-electron chi connectivity index (χ1n) is 3.69. The van der Waals surface area contributed by atoms with Gasteiger partial charge in [-0.3, -0.25) is 0 Å². The lowest BCUT2D eigenvalue weighted by atomic mass is 10.2. The Kier molecular flexibility index (Phi) is 7.39. The Balaban J connectivity index is 0. The Hall–Kier alpha value is -0.310. The maximum Gasteiger partial charge on any atom is 0.243 e. The lowest BCUT2D eigenvalue weighted by Crippen LogP contribution is -3.00. The highest BCUT2D eigenvalue weighted by atomic mass is 79.9. The van der Waals surface area contributed by atoms with Crippen molar-refractivity contribution in [1.29, 1.82) is 0 Å². The van der Waals surface area contributed by atoms with Gasteiger partial charge in [-0.15, -0.1) is 0 Å². The van der Waals surface area contributed by atoms with E-state index >= 15 is 0 Å². The molecular formula is C9H19BrN2. The van der Waals surface area contributed by atoms with Crippen LogP contribution in [0.25, 0.3) is 0 Å². The molecule has 2 nitrogen and oxygen atoms in total. The third kappa shape index (κ3) is 4.54. The molecule has 0 unspecified atom stereocenters. The minimum Gasteiger partial charge on any atom is -1.00 e. The molecule has 0 amide bonds. The van der Waals surface area contributed by atoms with Crippen LogP contribution in [0.5, 0.6) is 0 Å². The fourth-order valence-corrected chi connectivity index (χ4v) is 1.03. The summed E-state index contributed by atoms with van der Waals surface area (Å²) >= 11 is 0. The highest BCUT2D eigenvalue weighted by Crippen LogP contribution is 1.95. The average molecular weight is 235 g/mol. The zero-order chi connectivity index (χ0) is 7.56. The van der Waals surface area contributed by atoms with Crippen LogP contribution in [0.3, 0.4) is 0 Å². The number of nitrogens with zero attached hydrogens (tertiary/aromatic N) is 2. The summed E-state index contributed by atoms with van der Waals surface area (Å²) in [6, 6.07) is 0. The molecule has 1 aromatic heterocycles. The van der Waals surface area contributed by atoms with Crippen molar-refractivity contribution in [2.45, 2.75) is 27.8 Å². The molecule has 0 atom stereocenters. The molecule has 3 heteroatoms. The van der Waals surface area contributed by atoms with Crippen molar-refractivity contribution in [3.8, 4) is 0 Å². The van der Waals surface area contributed by atoms with Crippen LogP contribution in [0.15, 0.2) is 18.7 Å². The van der Waals surface area contributed by atoms with Crippen LogP contribution in [-0.2, 0) is 13.6 Å². The van der Waals surface area contributed by atoms with Crippen LogP contribution in [-0.4, -0.2) is 4.57 Å². The highest BCUT2D eigenvalue weighted by molar-refractivity contribution is 4.66. The molecular weight excluding hydrogens is 216 g/mol. The van der Waals surface area contributed by atoms with E-state index in [4.69, 9.17) is 0 Å². The summed E-state index contributed by atoms with van der Waals surface area (Å²) in [5.41, 5.74) is 0. The summed E-state index contributed by atoms with van der Waals surface area (Å²) in [5, 5.41) is 0. The minimum absolute atomic E-state index is 0. The van der Waals surface area contributed by atoms with Gasteiger partial charge >= 0.3 is 0 Å². The Bertz CT molecular complexity index is 206. The van der Waals surface area contributed by atoms with Gasteiger partial charge in [-0.25, -0.2) is 9.13 Å². The van der Waals surface area contributed by atoms with E-state index < -0.39 is 0 Å². The van der Waals surface area contributed by atoms with Crippen molar-refractivity contribution in [3.05, 3.63) is 18.7 Å². The van der Waals surface area contributed by atoms with E-state index in [0.717, 1.165) is 12.5 Å². The normalized spacial score (nSPS) is 9.00. The summed E-state index contributed by atoms with van der Waals surface area (Å²) < 4.78 is 4.26. The van der Waals surface area contributed by atoms with Crippen LogP contribution in [0.4, 0.5) is 0 Å². The second kappa shape index (κ2) is 6.23. The molecule has 0 fully saturated rings. The second-order valence-corrected chi connectivity index (χ2v) is 3.17. The molecule has 0 saturated heterocycles. The van der Waals surface area contributed by atoms with Crippen molar-refractivity contribution < 1.29 is 21.5 Å². The zero-order valence-corrected chi connectivity index (χ0v) is 8.87. The van der Waals surface area contributed by atoms with Gasteiger partial charge in [0.2, 0.25) is 6.33 Å². The Labute approximate surface area is 86.0 Å². The fourth-order valence-electron chi connectivity index (χ4n) is 1.03. The summed E-state index contributed by atoms with van der Waals surface area (Å²) in [7, 11) is 2.04. The highest BCUT2D eigenvalue weighted by Gasteiger charge is 2.01. The number of aryl methyl sites for hydroxylation is 1. The van der Waals surface area contributed by atoms with Gasteiger partial charge in [0.15, 0.2) is 0 Å². The first-order chi connectivity index (χ1) is 4.68. The predicted molar refractivity (Wildman–Crippen MR) is 47.2 cm³/mol. The Morgan fingerprint density at radius 1 is 1.42 bits per heavy atom. The van der Waals surface area contributed by atoms with E-state index in [2.05, 4.69) is 41.7 Å². The van der Waals surface area contributed by atoms with Crippen molar-refractivity contribution >= 4 is 0 Å². The maximum atomic E-state index is 2.22. The van der Waals surface area contributed by atoms with Crippen molar-refractivity contribution in [2.75, 3.05) is 0 Å². The van der Waals surface area contributed by atoms with E-state index in [1.165, 1.54) is 0 Å². The quantitative estimate of drug-likeness (QED) is 0.558. The van der Waals surface area contributed by atoms with E-state index in [9.17, 15) is 0 Å². The van der Waals surface area contributed by atoms with E-state index in [-0.39, 0.29) is 24.4 Å². The molecule has 0 aromatic carbocycles. The molecule has 0 aliphatic carbocycles. The van der Waals surface area contributed by atoms with Gasteiger partial charge in [0, 0.05) is 0 Å². The van der Waals surface area contributed by atoms with Crippen molar-refractivity contribution in [1.82, 2.24) is 4.57 Å². The average Bonchev–Trinajstić information content (AvgIpc) is 2.13. The second-order valence-electron chi connectivity index (χ2n) is 3.17. The van der Waals surface area contributed by atoms with Gasteiger partial charge in [-0.05, 0) is 5.92 Å². The molecule has 1 rings (SSSR count). The molecule has 0 N–H and O–H groups in total. The molecule has 1 heterocycles. The lowest BCUT2D eigenvalue weighted by Gasteiger charge is -1.97. The smallest absolute Gasteiger partial charge is 0.243 e. The zero-order valence-electron chi connectivity index (χ0n) is 7.29. The molecule has 1 aromatic rings. The lowest BCUT2D eigenvalue weighted by molar-refractivity contribution is -0.671. The van der Waals surface area contributed by atoms with Crippen LogP contribution in [0, 0.1) is 5.92 Å². The van der Waals surface area contributed by atoms with Crippen molar-refractivity contribution in [2.24, 2.45) is 13.0 Å². The number of imidazole rings is 1. The first kappa shape index (κ1) is 14.2. The monoisotopic (exact) mass is 234 g/mol. The molecule has 0 bridgehead atoms. The van der Waals surface area contributed by atoms with Crippen molar-refractivity contribution in [3.63, 3.8) is 0 Å². The van der Waals surface area contributed by atoms with Crippen LogP contribution in [0.1, 0.15) is 21.3 Å². The number of hydrogen-bond donors (Lipinski definition) is 0. The molecule has 0 saturated carbocycles. The van der Waals surface area contributed by atoms with Gasteiger partial charge in [-0.1, -0.05) is 21.3 Å². The molecule has 72 valence electrons. The SMILES string of the molecule is C.CC(C)Cn1cc[n+](C)c1.[Br-]. The molecule has 0 radical (unpaired) electrons. The van der Waals surface area contributed by atoms with Gasteiger partial charge < -0.3 is 17.0 Å². The van der Waals surface area contributed by atoms with Crippen LogP contribution < -0.4 is 21.5 Å². The number of halogens is 1. The minimum atomic E-state index is 0. The van der Waals surface area contributed by atoms with Gasteiger partial charge in [0.1, 0.15) is 12.4 Å². The summed E-state index contributed by atoms with van der Waals surface area (Å²) in [4.78, 5) is 0. The molecule has 0 aliphatic heterocycles. The third-order valence-electron chi connectivity index (χ3n) is 1.40. The number of rotatable bonds is 2. The van der Waals surface area contributed by atoms with E-state index in [1.54, 1.807) is 0 Å². The predicted octanol–water partition coefficient (Wildman–Crippen LogP) is -1.39. The molecule has 12 heavy (non-hydrogen) atoms. The van der Waals surface area contributed by atoms with Crippen LogP contribution >= 0.6 is 0 Å². The van der Waals surface area contributed by atoms with Crippen LogP contribution in [0.2, 0.25) is 0 Å². The maximum absolute atomic E-state index is 2.22. The number of aromatic nitrogens is 2. The number of hydrogen-bond acceptors (Lipinski definition) is 0. The first-order valence-corrected chi connectivity index (χ1v) is 3.69. The summed E-state index contributed by atoms with van der Waals surface area (Å²) in [6.07, 6.45) is 6.25. The van der Waals surface area contributed by atoms with E-state index in [1.807, 2.05) is 7.05 Å². The standard InChI is InChI=1S/C8H15N2.CH4.BrH/c1-8(2)6-10-5-4-9(3)7-10;;/h4-5,7-8H,6H2,1-3H3;1H4;1H/q+1;;/p-1. The molecule has 0 aliphatic rings.